The third kappa shape index (κ3) is 3.52. The molecule has 2 heteroatoms. The molecular formula is C17H31NO. The van der Waals surface area contributed by atoms with Gasteiger partial charge in [0.25, 0.3) is 0 Å². The molecule has 2 nitrogen and oxygen atoms in total. The van der Waals surface area contributed by atoms with E-state index in [0.29, 0.717) is 5.41 Å². The normalized spacial score (nSPS) is 38.7. The summed E-state index contributed by atoms with van der Waals surface area (Å²) in [5, 5.41) is 3.77. The maximum absolute atomic E-state index is 5.52. The molecule has 1 heterocycles. The molecule has 2 atom stereocenters. The second-order valence-corrected chi connectivity index (χ2v) is 7.95. The highest BCUT2D eigenvalue weighted by Gasteiger charge is 2.53. The Hall–Kier alpha value is -0.0800. The number of hydrogen-bond donors (Lipinski definition) is 1. The monoisotopic (exact) mass is 265 g/mol. The molecule has 0 aromatic heterocycles. The first-order valence-electron chi connectivity index (χ1n) is 8.45. The number of ether oxygens (including phenoxy) is 1. The zero-order valence-corrected chi connectivity index (χ0v) is 12.8. The fourth-order valence-corrected chi connectivity index (χ4v) is 4.58. The van der Waals surface area contributed by atoms with Crippen LogP contribution in [0.4, 0.5) is 0 Å². The van der Waals surface area contributed by atoms with Crippen molar-refractivity contribution in [3.8, 4) is 0 Å². The van der Waals surface area contributed by atoms with Gasteiger partial charge in [0.2, 0.25) is 0 Å². The van der Waals surface area contributed by atoms with E-state index < -0.39 is 0 Å². The van der Waals surface area contributed by atoms with Gasteiger partial charge in [-0.1, -0.05) is 13.8 Å². The first-order valence-corrected chi connectivity index (χ1v) is 8.45. The molecule has 19 heavy (non-hydrogen) atoms. The van der Waals surface area contributed by atoms with Crippen LogP contribution in [0.2, 0.25) is 0 Å². The number of fused-ring (bicyclic) bond motifs is 1. The molecule has 1 N–H and O–H groups in total. The third-order valence-electron chi connectivity index (χ3n) is 5.57. The van der Waals surface area contributed by atoms with Crippen LogP contribution in [0.3, 0.4) is 0 Å². The topological polar surface area (TPSA) is 21.3 Å². The Bertz CT molecular complexity index is 286. The Morgan fingerprint density at radius 2 is 1.84 bits per heavy atom. The number of rotatable bonds is 6. The summed E-state index contributed by atoms with van der Waals surface area (Å²) >= 11 is 0. The van der Waals surface area contributed by atoms with Crippen molar-refractivity contribution in [3.63, 3.8) is 0 Å². The van der Waals surface area contributed by atoms with Gasteiger partial charge in [0.05, 0.1) is 0 Å². The molecule has 0 aromatic rings. The summed E-state index contributed by atoms with van der Waals surface area (Å²) in [4.78, 5) is 0. The molecular weight excluding hydrogens is 234 g/mol. The zero-order chi connectivity index (χ0) is 13.3. The highest BCUT2D eigenvalue weighted by molar-refractivity contribution is 5.04. The second-order valence-electron chi connectivity index (χ2n) is 7.95. The molecule has 0 spiro atoms. The second kappa shape index (κ2) is 5.73. The number of hydrogen-bond acceptors (Lipinski definition) is 2. The molecule has 1 aliphatic heterocycles. The lowest BCUT2D eigenvalue weighted by molar-refractivity contribution is 0.0447. The van der Waals surface area contributed by atoms with Crippen molar-refractivity contribution in [1.29, 1.82) is 0 Å². The van der Waals surface area contributed by atoms with Crippen molar-refractivity contribution in [2.24, 2.45) is 29.1 Å². The van der Waals surface area contributed by atoms with E-state index in [1.54, 1.807) is 6.42 Å². The summed E-state index contributed by atoms with van der Waals surface area (Å²) in [5.41, 5.74) is 0.643. The van der Waals surface area contributed by atoms with E-state index in [-0.39, 0.29) is 0 Å². The van der Waals surface area contributed by atoms with E-state index in [9.17, 15) is 0 Å². The summed E-state index contributed by atoms with van der Waals surface area (Å²) in [6.07, 6.45) is 8.65. The van der Waals surface area contributed by atoms with Crippen LogP contribution in [0.5, 0.6) is 0 Å². The van der Waals surface area contributed by atoms with E-state index in [1.807, 2.05) is 0 Å². The maximum atomic E-state index is 5.52. The van der Waals surface area contributed by atoms with Gasteiger partial charge in [-0.15, -0.1) is 0 Å². The van der Waals surface area contributed by atoms with E-state index >= 15 is 0 Å². The summed E-state index contributed by atoms with van der Waals surface area (Å²) in [6, 6.07) is 0. The lowest BCUT2D eigenvalue weighted by Gasteiger charge is -2.36. The third-order valence-corrected chi connectivity index (χ3v) is 5.57. The first-order chi connectivity index (χ1) is 9.17. The average molecular weight is 265 g/mol. The number of nitrogens with one attached hydrogen (secondary N) is 1. The van der Waals surface area contributed by atoms with Crippen molar-refractivity contribution in [2.45, 2.75) is 52.4 Å². The minimum atomic E-state index is 0.643. The van der Waals surface area contributed by atoms with Crippen LogP contribution in [0.1, 0.15) is 52.4 Å². The molecule has 2 aliphatic carbocycles. The zero-order valence-electron chi connectivity index (χ0n) is 12.8. The first kappa shape index (κ1) is 13.9. The summed E-state index contributed by atoms with van der Waals surface area (Å²) < 4.78 is 5.52. The van der Waals surface area contributed by atoms with Crippen molar-refractivity contribution < 1.29 is 4.74 Å². The Balaban J connectivity index is 1.53. The lowest BCUT2D eigenvalue weighted by Crippen LogP contribution is -2.37. The van der Waals surface area contributed by atoms with Gasteiger partial charge >= 0.3 is 0 Å². The maximum Gasteiger partial charge on any atom is 0.0468 e. The molecule has 1 saturated heterocycles. The predicted octanol–water partition coefficient (Wildman–Crippen LogP) is 3.47. The minimum Gasteiger partial charge on any atom is -0.381 e. The fraction of sp³-hybridized carbons (Fsp3) is 1.00. The molecule has 3 rings (SSSR count). The lowest BCUT2D eigenvalue weighted by atomic mass is 9.73. The molecule has 0 aromatic carbocycles. The van der Waals surface area contributed by atoms with Crippen LogP contribution in [-0.4, -0.2) is 26.3 Å². The Morgan fingerprint density at radius 1 is 1.16 bits per heavy atom. The quantitative estimate of drug-likeness (QED) is 0.794. The standard InChI is InChI=1S/C17H31NO/c1-13(2)11-18-12-17(9-15-7-16(15)10-17)8-14-3-5-19-6-4-14/h13-16,18H,3-12H2,1-2H3. The van der Waals surface area contributed by atoms with Crippen LogP contribution in [0, 0.1) is 29.1 Å². The SMILES string of the molecule is CC(C)CNCC1(CC2CCOCC2)CC2CC2C1. The highest BCUT2D eigenvalue weighted by atomic mass is 16.5. The van der Waals surface area contributed by atoms with Crippen molar-refractivity contribution in [1.82, 2.24) is 5.32 Å². The van der Waals surface area contributed by atoms with E-state index in [4.69, 9.17) is 4.74 Å². The molecule has 0 radical (unpaired) electrons. The average Bonchev–Trinajstić information content (AvgIpc) is 2.98. The van der Waals surface area contributed by atoms with Crippen LogP contribution >= 0.6 is 0 Å². The molecule has 0 amide bonds. The molecule has 110 valence electrons. The smallest absolute Gasteiger partial charge is 0.0468 e. The van der Waals surface area contributed by atoms with Crippen molar-refractivity contribution in [2.75, 3.05) is 26.3 Å². The van der Waals surface area contributed by atoms with Gasteiger partial charge in [0.1, 0.15) is 0 Å². The largest absolute Gasteiger partial charge is 0.381 e. The molecule has 2 saturated carbocycles. The minimum absolute atomic E-state index is 0.643. The molecule has 3 aliphatic rings. The highest BCUT2D eigenvalue weighted by Crippen LogP contribution is 2.61. The van der Waals surface area contributed by atoms with Crippen molar-refractivity contribution in [3.05, 3.63) is 0 Å². The van der Waals surface area contributed by atoms with Crippen LogP contribution in [0.15, 0.2) is 0 Å². The molecule has 2 unspecified atom stereocenters. The molecule has 3 fully saturated rings. The Kier molecular flexibility index (Phi) is 4.19. The van der Waals surface area contributed by atoms with E-state index in [1.165, 1.54) is 45.2 Å². The predicted molar refractivity (Wildman–Crippen MR) is 79.1 cm³/mol. The summed E-state index contributed by atoms with van der Waals surface area (Å²) in [5.74, 6) is 3.91. The van der Waals surface area contributed by atoms with Gasteiger partial charge in [0.15, 0.2) is 0 Å². The summed E-state index contributed by atoms with van der Waals surface area (Å²) in [7, 11) is 0. The fourth-order valence-electron chi connectivity index (χ4n) is 4.58. The van der Waals surface area contributed by atoms with Crippen LogP contribution in [0.25, 0.3) is 0 Å². The van der Waals surface area contributed by atoms with Gasteiger partial charge in [-0.3, -0.25) is 0 Å². The van der Waals surface area contributed by atoms with Crippen LogP contribution < -0.4 is 5.32 Å². The Morgan fingerprint density at radius 3 is 2.47 bits per heavy atom. The van der Waals surface area contributed by atoms with Crippen LogP contribution in [-0.2, 0) is 4.74 Å². The summed E-state index contributed by atoms with van der Waals surface area (Å²) in [6.45, 7) is 9.09. The van der Waals surface area contributed by atoms with Gasteiger partial charge in [-0.05, 0) is 74.2 Å². The van der Waals surface area contributed by atoms with E-state index in [0.717, 1.165) is 36.9 Å². The Labute approximate surface area is 118 Å². The van der Waals surface area contributed by atoms with Gasteiger partial charge < -0.3 is 10.1 Å². The van der Waals surface area contributed by atoms with Gasteiger partial charge in [-0.25, -0.2) is 0 Å². The molecule has 0 bridgehead atoms. The van der Waals surface area contributed by atoms with Gasteiger partial charge in [-0.2, -0.15) is 0 Å². The van der Waals surface area contributed by atoms with E-state index in [2.05, 4.69) is 19.2 Å². The van der Waals surface area contributed by atoms with Gasteiger partial charge in [0, 0.05) is 19.8 Å². The van der Waals surface area contributed by atoms with Crippen molar-refractivity contribution >= 4 is 0 Å².